The molecule has 0 amide bonds. The molecule has 1 rings (SSSR count). The summed E-state index contributed by atoms with van der Waals surface area (Å²) in [4.78, 5) is 0. The number of methoxy groups -OCH3 is 1. The largest absolute Gasteiger partial charge is 0.495 e. The van der Waals surface area contributed by atoms with Crippen molar-refractivity contribution in [3.63, 3.8) is 0 Å². The summed E-state index contributed by atoms with van der Waals surface area (Å²) in [5.74, 6) is 0.402. The van der Waals surface area contributed by atoms with E-state index in [0.717, 1.165) is 0 Å². The molecule has 84 valence electrons. The summed E-state index contributed by atoms with van der Waals surface area (Å²) in [6, 6.07) is 5.08. The molecule has 0 saturated heterocycles. The second-order valence-electron chi connectivity index (χ2n) is 3.55. The normalized spacial score (nSPS) is 14.7. The van der Waals surface area contributed by atoms with Gasteiger partial charge in [-0.2, -0.15) is 0 Å². The minimum atomic E-state index is -1.50. The monoisotopic (exact) mass is 231 g/mol. The first-order valence-electron chi connectivity index (χ1n) is 4.69. The highest BCUT2D eigenvalue weighted by atomic mass is 35.5. The van der Waals surface area contributed by atoms with Gasteiger partial charge in [-0.1, -0.05) is 23.7 Å². The molecular formula is C11H15ClFNO. The number of rotatable bonds is 4. The predicted molar refractivity (Wildman–Crippen MR) is 60.4 cm³/mol. The van der Waals surface area contributed by atoms with Crippen LogP contribution in [0.1, 0.15) is 12.5 Å². The highest BCUT2D eigenvalue weighted by Crippen LogP contribution is 2.37. The number of ether oxygens (including phenoxy) is 1. The Hall–Kier alpha value is -0.800. The van der Waals surface area contributed by atoms with E-state index in [2.05, 4.69) is 5.32 Å². The fraction of sp³-hybridized carbons (Fsp3) is 0.455. The van der Waals surface area contributed by atoms with Crippen molar-refractivity contribution in [3.8, 4) is 5.75 Å². The molecule has 0 saturated carbocycles. The van der Waals surface area contributed by atoms with Crippen LogP contribution >= 0.6 is 11.6 Å². The van der Waals surface area contributed by atoms with Crippen molar-refractivity contribution < 1.29 is 9.13 Å². The molecule has 0 bridgehead atoms. The number of hydrogen-bond acceptors (Lipinski definition) is 2. The van der Waals surface area contributed by atoms with Crippen LogP contribution in [-0.2, 0) is 5.67 Å². The molecular weight excluding hydrogens is 217 g/mol. The molecule has 15 heavy (non-hydrogen) atoms. The third-order valence-corrected chi connectivity index (χ3v) is 2.54. The van der Waals surface area contributed by atoms with Crippen LogP contribution in [0.3, 0.4) is 0 Å². The summed E-state index contributed by atoms with van der Waals surface area (Å²) in [7, 11) is 3.19. The Labute approximate surface area is 94.4 Å². The zero-order valence-corrected chi connectivity index (χ0v) is 9.86. The number of halogens is 2. The number of benzene rings is 1. The van der Waals surface area contributed by atoms with E-state index in [1.54, 1.807) is 25.2 Å². The van der Waals surface area contributed by atoms with Gasteiger partial charge in [-0.15, -0.1) is 0 Å². The number of para-hydroxylation sites is 1. The van der Waals surface area contributed by atoms with Crippen molar-refractivity contribution in [1.29, 1.82) is 0 Å². The maximum atomic E-state index is 14.2. The fourth-order valence-corrected chi connectivity index (χ4v) is 1.81. The third-order valence-electron chi connectivity index (χ3n) is 2.24. The van der Waals surface area contributed by atoms with Crippen LogP contribution in [0.15, 0.2) is 18.2 Å². The molecule has 1 unspecified atom stereocenters. The van der Waals surface area contributed by atoms with Crippen molar-refractivity contribution in [1.82, 2.24) is 5.32 Å². The number of hydrogen-bond donors (Lipinski definition) is 1. The topological polar surface area (TPSA) is 21.3 Å². The molecule has 1 aromatic carbocycles. The predicted octanol–water partition coefficient (Wildman–Crippen LogP) is 2.75. The summed E-state index contributed by atoms with van der Waals surface area (Å²) < 4.78 is 19.4. The van der Waals surface area contributed by atoms with Crippen molar-refractivity contribution >= 4 is 11.6 Å². The first-order valence-corrected chi connectivity index (χ1v) is 5.07. The van der Waals surface area contributed by atoms with Gasteiger partial charge in [0, 0.05) is 12.1 Å². The summed E-state index contributed by atoms with van der Waals surface area (Å²) in [5.41, 5.74) is -1.03. The minimum Gasteiger partial charge on any atom is -0.495 e. The Morgan fingerprint density at radius 3 is 2.73 bits per heavy atom. The van der Waals surface area contributed by atoms with E-state index in [1.165, 1.54) is 14.0 Å². The van der Waals surface area contributed by atoms with E-state index in [0.29, 0.717) is 16.3 Å². The van der Waals surface area contributed by atoms with E-state index in [4.69, 9.17) is 16.3 Å². The first-order chi connectivity index (χ1) is 7.03. The van der Waals surface area contributed by atoms with Crippen molar-refractivity contribution in [3.05, 3.63) is 28.8 Å². The molecule has 0 radical (unpaired) electrons. The molecule has 1 aromatic rings. The van der Waals surface area contributed by atoms with Crippen LogP contribution in [0, 0.1) is 0 Å². The van der Waals surface area contributed by atoms with Crippen LogP contribution < -0.4 is 10.1 Å². The van der Waals surface area contributed by atoms with Gasteiger partial charge >= 0.3 is 0 Å². The average Bonchev–Trinajstić information content (AvgIpc) is 2.17. The lowest BCUT2D eigenvalue weighted by atomic mass is 9.97. The maximum absolute atomic E-state index is 14.2. The van der Waals surface area contributed by atoms with Gasteiger partial charge in [-0.25, -0.2) is 4.39 Å². The molecule has 1 atom stereocenters. The number of likely N-dealkylation sites (N-methyl/N-ethyl adjacent to an activating group) is 1. The molecule has 0 aliphatic heterocycles. The van der Waals surface area contributed by atoms with Crippen molar-refractivity contribution in [2.75, 3.05) is 20.7 Å². The molecule has 1 N–H and O–H groups in total. The molecule has 0 aliphatic carbocycles. The lowest BCUT2D eigenvalue weighted by Gasteiger charge is -2.23. The van der Waals surface area contributed by atoms with E-state index in [1.807, 2.05) is 0 Å². The van der Waals surface area contributed by atoms with E-state index < -0.39 is 5.67 Å². The van der Waals surface area contributed by atoms with E-state index >= 15 is 0 Å². The molecule has 0 aliphatic rings. The van der Waals surface area contributed by atoms with Gasteiger partial charge in [0.2, 0.25) is 0 Å². The van der Waals surface area contributed by atoms with Gasteiger partial charge in [-0.05, 0) is 20.0 Å². The standard InChI is InChI=1S/C11H15ClFNO/c1-11(13,7-14-2)8-5-4-6-9(12)10(8)15-3/h4-6,14H,7H2,1-3H3. The zero-order valence-electron chi connectivity index (χ0n) is 9.10. The van der Waals surface area contributed by atoms with Gasteiger partial charge in [0.15, 0.2) is 0 Å². The third kappa shape index (κ3) is 2.61. The quantitative estimate of drug-likeness (QED) is 0.861. The fourth-order valence-electron chi connectivity index (χ4n) is 1.55. The van der Waals surface area contributed by atoms with E-state index in [-0.39, 0.29) is 6.54 Å². The van der Waals surface area contributed by atoms with Gasteiger partial charge in [0.25, 0.3) is 0 Å². The number of nitrogens with one attached hydrogen (secondary N) is 1. The summed E-state index contributed by atoms with van der Waals surface area (Å²) in [6.45, 7) is 1.71. The molecule has 0 aromatic heterocycles. The molecule has 0 spiro atoms. The Bertz CT molecular complexity index is 341. The lowest BCUT2D eigenvalue weighted by molar-refractivity contribution is 0.184. The second kappa shape index (κ2) is 4.81. The van der Waals surface area contributed by atoms with Crippen LogP contribution in [0.25, 0.3) is 0 Å². The maximum Gasteiger partial charge on any atom is 0.149 e. The second-order valence-corrected chi connectivity index (χ2v) is 3.96. The van der Waals surface area contributed by atoms with Crippen LogP contribution in [0.4, 0.5) is 4.39 Å². The van der Waals surface area contributed by atoms with Gasteiger partial charge in [-0.3, -0.25) is 0 Å². The van der Waals surface area contributed by atoms with Gasteiger partial charge in [0.05, 0.1) is 12.1 Å². The van der Waals surface area contributed by atoms with Crippen molar-refractivity contribution in [2.24, 2.45) is 0 Å². The first kappa shape index (κ1) is 12.3. The Kier molecular flexibility index (Phi) is 3.94. The molecule has 0 heterocycles. The zero-order chi connectivity index (χ0) is 11.5. The minimum absolute atomic E-state index is 0.212. The highest BCUT2D eigenvalue weighted by molar-refractivity contribution is 6.32. The Morgan fingerprint density at radius 1 is 1.53 bits per heavy atom. The Morgan fingerprint density at radius 2 is 2.20 bits per heavy atom. The summed E-state index contributed by atoms with van der Waals surface area (Å²) >= 11 is 5.92. The van der Waals surface area contributed by atoms with Gasteiger partial charge in [0.1, 0.15) is 11.4 Å². The summed E-state index contributed by atoms with van der Waals surface area (Å²) in [5, 5.41) is 3.23. The van der Waals surface area contributed by atoms with Crippen LogP contribution in [0.5, 0.6) is 5.75 Å². The van der Waals surface area contributed by atoms with Crippen molar-refractivity contribution in [2.45, 2.75) is 12.6 Å². The lowest BCUT2D eigenvalue weighted by Crippen LogP contribution is -2.29. The van der Waals surface area contributed by atoms with Gasteiger partial charge < -0.3 is 10.1 Å². The molecule has 2 nitrogen and oxygen atoms in total. The average molecular weight is 232 g/mol. The Balaban J connectivity index is 3.18. The molecule has 0 fully saturated rings. The van der Waals surface area contributed by atoms with Crippen LogP contribution in [-0.4, -0.2) is 20.7 Å². The number of alkyl halides is 1. The van der Waals surface area contributed by atoms with E-state index in [9.17, 15) is 4.39 Å². The smallest absolute Gasteiger partial charge is 0.149 e. The van der Waals surface area contributed by atoms with Crippen LogP contribution in [0.2, 0.25) is 5.02 Å². The summed E-state index contributed by atoms with van der Waals surface area (Å²) in [6.07, 6.45) is 0. The molecule has 4 heteroatoms. The highest BCUT2D eigenvalue weighted by Gasteiger charge is 2.29. The SMILES string of the molecule is CNCC(C)(F)c1cccc(Cl)c1OC.